The Morgan fingerprint density at radius 2 is 2.00 bits per heavy atom. The first-order valence-electron chi connectivity index (χ1n) is 6.96. The van der Waals surface area contributed by atoms with Gasteiger partial charge in [0.05, 0.1) is 0 Å². The molecule has 0 saturated carbocycles. The maximum absolute atomic E-state index is 12.4. The van der Waals surface area contributed by atoms with E-state index in [1.54, 1.807) is 6.07 Å². The van der Waals surface area contributed by atoms with Gasteiger partial charge < -0.3 is 19.9 Å². The second kappa shape index (κ2) is 5.57. The number of fused-ring (bicyclic) bond motifs is 1. The highest BCUT2D eigenvalue weighted by Gasteiger charge is 2.12. The van der Waals surface area contributed by atoms with Crippen LogP contribution in [0.1, 0.15) is 0 Å². The van der Waals surface area contributed by atoms with Crippen molar-refractivity contribution in [1.82, 2.24) is 9.88 Å². The predicted molar refractivity (Wildman–Crippen MR) is 80.9 cm³/mol. The molecule has 0 aliphatic carbocycles. The summed E-state index contributed by atoms with van der Waals surface area (Å²) in [5.41, 5.74) is 0.751. The maximum atomic E-state index is 12.4. The standard InChI is InChI=1S/C15H17N3O3/c19-14(20)10-18-6-3-11-1-2-12(9-13(11)15(18)21)17-7-4-16-5-8-17/h1-3,6,9,16H,4-5,7-8,10H2,(H,19,20). The summed E-state index contributed by atoms with van der Waals surface area (Å²) in [5.74, 6) is -1.02. The molecular weight excluding hydrogens is 270 g/mol. The number of rotatable bonds is 3. The van der Waals surface area contributed by atoms with Gasteiger partial charge in [-0.05, 0) is 23.6 Å². The zero-order chi connectivity index (χ0) is 14.8. The van der Waals surface area contributed by atoms with E-state index >= 15 is 0 Å². The summed E-state index contributed by atoms with van der Waals surface area (Å²) in [6, 6.07) is 7.57. The average molecular weight is 287 g/mol. The number of nitrogens with zero attached hydrogens (tertiary/aromatic N) is 2. The third kappa shape index (κ3) is 2.75. The van der Waals surface area contributed by atoms with Gasteiger partial charge in [0.2, 0.25) is 0 Å². The van der Waals surface area contributed by atoms with Crippen molar-refractivity contribution >= 4 is 22.4 Å². The molecular formula is C15H17N3O3. The Morgan fingerprint density at radius 3 is 2.71 bits per heavy atom. The normalized spacial score (nSPS) is 15.3. The molecule has 0 unspecified atom stereocenters. The molecule has 1 aromatic carbocycles. The Labute approximate surface area is 121 Å². The number of hydrogen-bond acceptors (Lipinski definition) is 4. The molecule has 1 saturated heterocycles. The number of pyridine rings is 1. The van der Waals surface area contributed by atoms with E-state index in [1.165, 1.54) is 10.8 Å². The number of benzene rings is 1. The van der Waals surface area contributed by atoms with Gasteiger partial charge in [-0.1, -0.05) is 6.07 Å². The monoisotopic (exact) mass is 287 g/mol. The van der Waals surface area contributed by atoms with Gasteiger partial charge in [-0.2, -0.15) is 0 Å². The van der Waals surface area contributed by atoms with Gasteiger partial charge in [-0.25, -0.2) is 0 Å². The maximum Gasteiger partial charge on any atom is 0.323 e. The van der Waals surface area contributed by atoms with Crippen LogP contribution in [0.25, 0.3) is 10.8 Å². The van der Waals surface area contributed by atoms with E-state index in [1.807, 2.05) is 18.2 Å². The Kier molecular flexibility index (Phi) is 3.62. The van der Waals surface area contributed by atoms with Crippen LogP contribution in [0.5, 0.6) is 0 Å². The molecule has 3 rings (SSSR count). The lowest BCUT2D eigenvalue weighted by molar-refractivity contribution is -0.137. The Balaban J connectivity index is 2.04. The van der Waals surface area contributed by atoms with Crippen molar-refractivity contribution in [2.45, 2.75) is 6.54 Å². The first-order valence-corrected chi connectivity index (χ1v) is 6.96. The summed E-state index contributed by atoms with van der Waals surface area (Å²) in [5, 5.41) is 13.5. The molecule has 0 spiro atoms. The second-order valence-electron chi connectivity index (χ2n) is 5.15. The van der Waals surface area contributed by atoms with Gasteiger partial charge in [0, 0.05) is 43.4 Å². The molecule has 2 heterocycles. The molecule has 6 heteroatoms. The average Bonchev–Trinajstić information content (AvgIpc) is 2.50. The lowest BCUT2D eigenvalue weighted by Gasteiger charge is -2.29. The van der Waals surface area contributed by atoms with E-state index in [0.717, 1.165) is 37.3 Å². The molecule has 1 aliphatic heterocycles. The lowest BCUT2D eigenvalue weighted by atomic mass is 10.1. The Morgan fingerprint density at radius 1 is 1.24 bits per heavy atom. The van der Waals surface area contributed by atoms with Crippen LogP contribution >= 0.6 is 0 Å². The molecule has 0 bridgehead atoms. The number of carboxylic acid groups (broad SMARTS) is 1. The van der Waals surface area contributed by atoms with Crippen molar-refractivity contribution in [3.05, 3.63) is 40.8 Å². The second-order valence-corrected chi connectivity index (χ2v) is 5.15. The largest absolute Gasteiger partial charge is 0.480 e. The molecule has 1 aromatic heterocycles. The van der Waals surface area contributed by atoms with Gasteiger partial charge in [0.15, 0.2) is 0 Å². The summed E-state index contributed by atoms with van der Waals surface area (Å²) in [6.07, 6.45) is 1.53. The van der Waals surface area contributed by atoms with Crippen molar-refractivity contribution < 1.29 is 9.90 Å². The molecule has 2 aromatic rings. The summed E-state index contributed by atoms with van der Waals surface area (Å²) in [4.78, 5) is 25.4. The minimum atomic E-state index is -1.02. The minimum Gasteiger partial charge on any atom is -0.480 e. The Bertz CT molecular complexity index is 733. The van der Waals surface area contributed by atoms with Crippen LogP contribution in [0.4, 0.5) is 5.69 Å². The number of anilines is 1. The fourth-order valence-electron chi connectivity index (χ4n) is 2.66. The topological polar surface area (TPSA) is 74.6 Å². The van der Waals surface area contributed by atoms with Gasteiger partial charge in [-0.3, -0.25) is 9.59 Å². The van der Waals surface area contributed by atoms with E-state index in [9.17, 15) is 9.59 Å². The zero-order valence-electron chi connectivity index (χ0n) is 11.6. The molecule has 2 N–H and O–H groups in total. The predicted octanol–water partition coefficient (Wildman–Crippen LogP) is 0.496. The molecule has 21 heavy (non-hydrogen) atoms. The Hall–Kier alpha value is -2.34. The molecule has 0 atom stereocenters. The lowest BCUT2D eigenvalue weighted by Crippen LogP contribution is -2.43. The number of hydrogen-bond donors (Lipinski definition) is 2. The van der Waals surface area contributed by atoms with Crippen molar-refractivity contribution in [2.75, 3.05) is 31.1 Å². The van der Waals surface area contributed by atoms with E-state index in [0.29, 0.717) is 5.39 Å². The van der Waals surface area contributed by atoms with Crippen LogP contribution in [0, 0.1) is 0 Å². The molecule has 0 amide bonds. The summed E-state index contributed by atoms with van der Waals surface area (Å²) < 4.78 is 1.23. The van der Waals surface area contributed by atoms with E-state index in [-0.39, 0.29) is 12.1 Å². The van der Waals surface area contributed by atoms with Crippen LogP contribution in [-0.2, 0) is 11.3 Å². The molecule has 0 radical (unpaired) electrons. The SMILES string of the molecule is O=C(O)Cn1ccc2ccc(N3CCNCC3)cc2c1=O. The molecule has 1 fully saturated rings. The molecule has 1 aliphatic rings. The van der Waals surface area contributed by atoms with Crippen molar-refractivity contribution in [2.24, 2.45) is 0 Å². The van der Waals surface area contributed by atoms with Crippen molar-refractivity contribution in [3.8, 4) is 0 Å². The summed E-state index contributed by atoms with van der Waals surface area (Å²) in [7, 11) is 0. The highest BCUT2D eigenvalue weighted by atomic mass is 16.4. The van der Waals surface area contributed by atoms with E-state index < -0.39 is 5.97 Å². The molecule has 6 nitrogen and oxygen atoms in total. The molecule has 110 valence electrons. The first kappa shape index (κ1) is 13.6. The van der Waals surface area contributed by atoms with Crippen molar-refractivity contribution in [1.29, 1.82) is 0 Å². The number of nitrogens with one attached hydrogen (secondary N) is 1. The fourth-order valence-corrected chi connectivity index (χ4v) is 2.66. The fraction of sp³-hybridized carbons (Fsp3) is 0.333. The number of piperazine rings is 1. The number of aliphatic carboxylic acids is 1. The highest BCUT2D eigenvalue weighted by molar-refractivity contribution is 5.85. The van der Waals surface area contributed by atoms with Gasteiger partial charge in [-0.15, -0.1) is 0 Å². The van der Waals surface area contributed by atoms with Crippen LogP contribution in [-0.4, -0.2) is 41.8 Å². The van der Waals surface area contributed by atoms with Gasteiger partial charge >= 0.3 is 5.97 Å². The minimum absolute atomic E-state index is 0.258. The zero-order valence-corrected chi connectivity index (χ0v) is 11.6. The summed E-state index contributed by atoms with van der Waals surface area (Å²) >= 11 is 0. The number of carbonyl (C=O) groups is 1. The number of carboxylic acids is 1. The summed E-state index contributed by atoms with van der Waals surface area (Å²) in [6.45, 7) is 3.35. The van der Waals surface area contributed by atoms with Crippen LogP contribution in [0.15, 0.2) is 35.3 Å². The van der Waals surface area contributed by atoms with Gasteiger partial charge in [0.1, 0.15) is 6.54 Å². The van der Waals surface area contributed by atoms with E-state index in [4.69, 9.17) is 5.11 Å². The number of aromatic nitrogens is 1. The first-order chi connectivity index (χ1) is 10.1. The highest BCUT2D eigenvalue weighted by Crippen LogP contribution is 2.20. The van der Waals surface area contributed by atoms with Gasteiger partial charge in [0.25, 0.3) is 5.56 Å². The van der Waals surface area contributed by atoms with Crippen molar-refractivity contribution in [3.63, 3.8) is 0 Å². The smallest absolute Gasteiger partial charge is 0.323 e. The third-order valence-corrected chi connectivity index (χ3v) is 3.75. The quantitative estimate of drug-likeness (QED) is 0.859. The van der Waals surface area contributed by atoms with Crippen LogP contribution in [0.3, 0.4) is 0 Å². The van der Waals surface area contributed by atoms with Crippen LogP contribution < -0.4 is 15.8 Å². The van der Waals surface area contributed by atoms with E-state index in [2.05, 4.69) is 10.2 Å². The van der Waals surface area contributed by atoms with Crippen LogP contribution in [0.2, 0.25) is 0 Å². The third-order valence-electron chi connectivity index (χ3n) is 3.75.